The molecule has 1 unspecified atom stereocenters. The summed E-state index contributed by atoms with van der Waals surface area (Å²) in [4.78, 5) is 4.27. The zero-order valence-electron chi connectivity index (χ0n) is 9.45. The summed E-state index contributed by atoms with van der Waals surface area (Å²) in [5.74, 6) is 0.665. The van der Waals surface area contributed by atoms with E-state index in [-0.39, 0.29) is 0 Å². The Kier molecular flexibility index (Phi) is 5.97. The molecular formula is C12H21N3. The Labute approximate surface area is 92.1 Å². The van der Waals surface area contributed by atoms with Crippen LogP contribution in [0.1, 0.15) is 19.0 Å². The molecule has 0 spiro atoms. The van der Waals surface area contributed by atoms with Crippen LogP contribution in [0.3, 0.4) is 0 Å². The van der Waals surface area contributed by atoms with Crippen LogP contribution in [-0.2, 0) is 6.42 Å². The molecule has 0 aromatic carbocycles. The first-order valence-electron chi connectivity index (χ1n) is 5.63. The summed E-state index contributed by atoms with van der Waals surface area (Å²) in [5, 5.41) is 3.42. The summed E-state index contributed by atoms with van der Waals surface area (Å²) in [7, 11) is 0. The number of pyridine rings is 1. The number of aromatic nitrogens is 1. The molecule has 3 heteroatoms. The summed E-state index contributed by atoms with van der Waals surface area (Å²) in [6, 6.07) is 6.03. The van der Waals surface area contributed by atoms with Gasteiger partial charge in [-0.1, -0.05) is 13.0 Å². The van der Waals surface area contributed by atoms with Crippen LogP contribution in [0.5, 0.6) is 0 Å². The van der Waals surface area contributed by atoms with Crippen molar-refractivity contribution in [3.63, 3.8) is 0 Å². The van der Waals surface area contributed by atoms with Crippen LogP contribution in [-0.4, -0.2) is 24.6 Å². The maximum absolute atomic E-state index is 5.49. The van der Waals surface area contributed by atoms with Gasteiger partial charge in [0.1, 0.15) is 0 Å². The van der Waals surface area contributed by atoms with Gasteiger partial charge in [0.15, 0.2) is 0 Å². The molecule has 0 amide bonds. The van der Waals surface area contributed by atoms with Gasteiger partial charge in [-0.05, 0) is 37.6 Å². The molecule has 1 aromatic rings. The Bertz CT molecular complexity index is 248. The lowest BCUT2D eigenvalue weighted by Crippen LogP contribution is -2.25. The Morgan fingerprint density at radius 2 is 2.33 bits per heavy atom. The predicted molar refractivity (Wildman–Crippen MR) is 63.6 cm³/mol. The van der Waals surface area contributed by atoms with E-state index in [0.29, 0.717) is 5.92 Å². The smallest absolute Gasteiger partial charge is 0.0416 e. The minimum atomic E-state index is 0.665. The molecule has 3 N–H and O–H groups in total. The van der Waals surface area contributed by atoms with Crippen molar-refractivity contribution < 1.29 is 0 Å². The highest BCUT2D eigenvalue weighted by atomic mass is 14.9. The van der Waals surface area contributed by atoms with Crippen LogP contribution in [0, 0.1) is 5.92 Å². The summed E-state index contributed by atoms with van der Waals surface area (Å²) in [6.07, 6.45) is 3.93. The second-order valence-corrected chi connectivity index (χ2v) is 3.96. The Hall–Kier alpha value is -0.930. The van der Waals surface area contributed by atoms with E-state index in [4.69, 9.17) is 5.73 Å². The minimum Gasteiger partial charge on any atom is -0.330 e. The van der Waals surface area contributed by atoms with Gasteiger partial charge < -0.3 is 11.1 Å². The van der Waals surface area contributed by atoms with Crippen molar-refractivity contribution in [2.75, 3.05) is 19.6 Å². The monoisotopic (exact) mass is 207 g/mol. The van der Waals surface area contributed by atoms with Crippen molar-refractivity contribution in [3.8, 4) is 0 Å². The van der Waals surface area contributed by atoms with E-state index in [1.165, 1.54) is 0 Å². The first-order chi connectivity index (χ1) is 7.33. The summed E-state index contributed by atoms with van der Waals surface area (Å²) >= 11 is 0. The number of nitrogens with one attached hydrogen (secondary N) is 1. The molecule has 0 radical (unpaired) electrons. The van der Waals surface area contributed by atoms with Crippen LogP contribution < -0.4 is 11.1 Å². The van der Waals surface area contributed by atoms with Crippen molar-refractivity contribution in [1.29, 1.82) is 0 Å². The largest absolute Gasteiger partial charge is 0.330 e. The first kappa shape index (κ1) is 12.1. The first-order valence-corrected chi connectivity index (χ1v) is 5.63. The van der Waals surface area contributed by atoms with Crippen LogP contribution >= 0.6 is 0 Å². The number of rotatable bonds is 7. The van der Waals surface area contributed by atoms with Crippen LogP contribution in [0.4, 0.5) is 0 Å². The topological polar surface area (TPSA) is 50.9 Å². The average molecular weight is 207 g/mol. The fraction of sp³-hybridized carbons (Fsp3) is 0.583. The Morgan fingerprint density at radius 1 is 1.47 bits per heavy atom. The third kappa shape index (κ3) is 5.50. The quantitative estimate of drug-likeness (QED) is 0.661. The highest BCUT2D eigenvalue weighted by molar-refractivity contribution is 5.03. The molecular weight excluding hydrogens is 186 g/mol. The van der Waals surface area contributed by atoms with Gasteiger partial charge in [0.25, 0.3) is 0 Å². The lowest BCUT2D eigenvalue weighted by atomic mass is 10.1. The predicted octanol–water partition coefficient (Wildman–Crippen LogP) is 1.20. The molecule has 1 atom stereocenters. The van der Waals surface area contributed by atoms with E-state index in [2.05, 4.69) is 23.3 Å². The second kappa shape index (κ2) is 7.37. The summed E-state index contributed by atoms with van der Waals surface area (Å²) in [5.41, 5.74) is 6.64. The van der Waals surface area contributed by atoms with Crippen molar-refractivity contribution in [2.24, 2.45) is 11.7 Å². The molecule has 0 saturated carbocycles. The van der Waals surface area contributed by atoms with E-state index >= 15 is 0 Å². The third-order valence-electron chi connectivity index (χ3n) is 2.44. The lowest BCUT2D eigenvalue weighted by Gasteiger charge is -2.10. The van der Waals surface area contributed by atoms with Gasteiger partial charge in [0.2, 0.25) is 0 Å². The van der Waals surface area contributed by atoms with E-state index in [9.17, 15) is 0 Å². The zero-order chi connectivity index (χ0) is 10.9. The molecule has 0 bridgehead atoms. The highest BCUT2D eigenvalue weighted by Gasteiger charge is 1.99. The molecule has 0 aliphatic heterocycles. The third-order valence-corrected chi connectivity index (χ3v) is 2.44. The lowest BCUT2D eigenvalue weighted by molar-refractivity contribution is 0.488. The standard InChI is InChI=1S/C12H21N3/c1-11(5-7-13)10-14-9-6-12-4-2-3-8-15-12/h2-4,8,11,14H,5-7,9-10,13H2,1H3. The van der Waals surface area contributed by atoms with E-state index in [1.807, 2.05) is 18.3 Å². The van der Waals surface area contributed by atoms with Crippen molar-refractivity contribution >= 4 is 0 Å². The molecule has 1 aromatic heterocycles. The molecule has 0 saturated heterocycles. The Morgan fingerprint density at radius 3 is 3.00 bits per heavy atom. The number of hydrogen-bond acceptors (Lipinski definition) is 3. The second-order valence-electron chi connectivity index (χ2n) is 3.96. The normalized spacial score (nSPS) is 12.7. The van der Waals surface area contributed by atoms with Crippen LogP contribution in [0.15, 0.2) is 24.4 Å². The van der Waals surface area contributed by atoms with Crippen LogP contribution in [0.2, 0.25) is 0 Å². The van der Waals surface area contributed by atoms with Gasteiger partial charge in [-0.2, -0.15) is 0 Å². The molecule has 15 heavy (non-hydrogen) atoms. The van der Waals surface area contributed by atoms with E-state index < -0.39 is 0 Å². The van der Waals surface area contributed by atoms with E-state index in [0.717, 1.165) is 38.2 Å². The molecule has 84 valence electrons. The minimum absolute atomic E-state index is 0.665. The maximum Gasteiger partial charge on any atom is 0.0416 e. The molecule has 3 nitrogen and oxygen atoms in total. The number of hydrogen-bond donors (Lipinski definition) is 2. The van der Waals surface area contributed by atoms with Gasteiger partial charge in [0.05, 0.1) is 0 Å². The van der Waals surface area contributed by atoms with Gasteiger partial charge >= 0.3 is 0 Å². The maximum atomic E-state index is 5.49. The Balaban J connectivity index is 2.07. The van der Waals surface area contributed by atoms with Crippen molar-refractivity contribution in [1.82, 2.24) is 10.3 Å². The van der Waals surface area contributed by atoms with Gasteiger partial charge in [-0.25, -0.2) is 0 Å². The van der Waals surface area contributed by atoms with Crippen LogP contribution in [0.25, 0.3) is 0 Å². The van der Waals surface area contributed by atoms with Gasteiger partial charge in [-0.3, -0.25) is 4.98 Å². The summed E-state index contributed by atoms with van der Waals surface area (Å²) in [6.45, 7) is 5.04. The zero-order valence-corrected chi connectivity index (χ0v) is 9.45. The number of nitrogens with zero attached hydrogens (tertiary/aromatic N) is 1. The van der Waals surface area contributed by atoms with Gasteiger partial charge in [-0.15, -0.1) is 0 Å². The average Bonchev–Trinajstić information content (AvgIpc) is 2.26. The summed E-state index contributed by atoms with van der Waals surface area (Å²) < 4.78 is 0. The van der Waals surface area contributed by atoms with Crippen molar-refractivity contribution in [2.45, 2.75) is 19.8 Å². The SMILES string of the molecule is CC(CCN)CNCCc1ccccn1. The highest BCUT2D eigenvalue weighted by Crippen LogP contribution is 1.97. The number of nitrogens with two attached hydrogens (primary N) is 1. The molecule has 1 rings (SSSR count). The molecule has 0 aliphatic carbocycles. The molecule has 0 aliphatic rings. The molecule has 0 fully saturated rings. The van der Waals surface area contributed by atoms with E-state index in [1.54, 1.807) is 0 Å². The van der Waals surface area contributed by atoms with Gasteiger partial charge in [0, 0.05) is 24.9 Å². The fourth-order valence-electron chi connectivity index (χ4n) is 1.50. The fourth-order valence-corrected chi connectivity index (χ4v) is 1.50. The van der Waals surface area contributed by atoms with Crippen molar-refractivity contribution in [3.05, 3.63) is 30.1 Å². The molecule has 1 heterocycles.